The number of hydrogen-bond donors (Lipinski definition) is 2. The van der Waals surface area contributed by atoms with Crippen LogP contribution in [0.4, 0.5) is 5.69 Å². The maximum absolute atomic E-state index is 12.5. The van der Waals surface area contributed by atoms with E-state index in [0.29, 0.717) is 0 Å². The van der Waals surface area contributed by atoms with Crippen molar-refractivity contribution in [3.05, 3.63) is 22.7 Å². The highest BCUT2D eigenvalue weighted by Gasteiger charge is 2.38. The minimum atomic E-state index is -3.62. The third kappa shape index (κ3) is 2.69. The lowest BCUT2D eigenvalue weighted by Crippen LogP contribution is -2.35. The zero-order valence-corrected chi connectivity index (χ0v) is 12.1. The number of aliphatic hydroxyl groups excluding tert-OH is 1. The second-order valence-corrected chi connectivity index (χ2v) is 7.03. The first-order valence-corrected chi connectivity index (χ1v) is 7.88. The van der Waals surface area contributed by atoms with Gasteiger partial charge in [-0.15, -0.1) is 0 Å². The lowest BCUT2D eigenvalue weighted by Gasteiger charge is -2.21. The molecule has 2 rings (SSSR count). The maximum Gasteiger partial charge on any atom is 0.245 e. The van der Waals surface area contributed by atoms with E-state index in [-0.39, 0.29) is 29.8 Å². The predicted octanol–water partition coefficient (Wildman–Crippen LogP) is 1.18. The molecule has 1 fully saturated rings. The molecule has 100 valence electrons. The largest absolute Gasteiger partial charge is 0.398 e. The molecule has 0 unspecified atom stereocenters. The first-order valence-electron chi connectivity index (χ1n) is 5.64. The Morgan fingerprint density at radius 1 is 1.44 bits per heavy atom. The van der Waals surface area contributed by atoms with E-state index in [4.69, 9.17) is 10.8 Å². The van der Waals surface area contributed by atoms with Crippen molar-refractivity contribution in [2.45, 2.75) is 23.8 Å². The van der Waals surface area contributed by atoms with Crippen molar-refractivity contribution in [1.29, 1.82) is 0 Å². The van der Waals surface area contributed by atoms with E-state index in [9.17, 15) is 8.42 Å². The van der Waals surface area contributed by atoms with Gasteiger partial charge in [-0.05, 0) is 31.0 Å². The molecular weight excluding hydrogens is 320 g/mol. The van der Waals surface area contributed by atoms with Crippen LogP contribution in [0, 0.1) is 0 Å². The predicted molar refractivity (Wildman–Crippen MR) is 72.6 cm³/mol. The molecule has 3 N–H and O–H groups in total. The van der Waals surface area contributed by atoms with Crippen molar-refractivity contribution in [2.75, 3.05) is 18.9 Å². The standard InChI is InChI=1S/C11H15BrN2O3S/c12-8-1-4-11(10(13)7-8)18(16,17)14(5-6-15)9-2-3-9/h1,4,7,9,15H,2-3,5-6,13H2. The number of sulfonamides is 1. The first-order chi connectivity index (χ1) is 8.46. The fraction of sp³-hybridized carbons (Fsp3) is 0.455. The van der Waals surface area contributed by atoms with Gasteiger partial charge in [0.1, 0.15) is 4.90 Å². The summed E-state index contributed by atoms with van der Waals surface area (Å²) in [6.45, 7) is -0.0747. The molecule has 1 saturated carbocycles. The molecule has 5 nitrogen and oxygen atoms in total. The molecule has 1 aliphatic carbocycles. The molecule has 0 heterocycles. The third-order valence-electron chi connectivity index (χ3n) is 2.83. The molecule has 1 aromatic rings. The van der Waals surface area contributed by atoms with Crippen molar-refractivity contribution >= 4 is 31.6 Å². The molecule has 0 amide bonds. The third-order valence-corrected chi connectivity index (χ3v) is 5.35. The van der Waals surface area contributed by atoms with Crippen molar-refractivity contribution < 1.29 is 13.5 Å². The van der Waals surface area contributed by atoms with Gasteiger partial charge in [-0.25, -0.2) is 8.42 Å². The van der Waals surface area contributed by atoms with Gasteiger partial charge in [0, 0.05) is 17.1 Å². The van der Waals surface area contributed by atoms with Gasteiger partial charge in [-0.1, -0.05) is 15.9 Å². The van der Waals surface area contributed by atoms with Crippen molar-refractivity contribution in [3.8, 4) is 0 Å². The quantitative estimate of drug-likeness (QED) is 0.792. The highest BCUT2D eigenvalue weighted by Crippen LogP contribution is 2.34. The van der Waals surface area contributed by atoms with Crippen LogP contribution in [0.5, 0.6) is 0 Å². The van der Waals surface area contributed by atoms with Crippen LogP contribution in [0.15, 0.2) is 27.6 Å². The molecule has 0 saturated heterocycles. The summed E-state index contributed by atoms with van der Waals surface area (Å²) < 4.78 is 27.0. The second kappa shape index (κ2) is 5.16. The van der Waals surface area contributed by atoms with Gasteiger partial charge in [0.25, 0.3) is 0 Å². The smallest absolute Gasteiger partial charge is 0.245 e. The Balaban J connectivity index is 2.39. The lowest BCUT2D eigenvalue weighted by molar-refractivity contribution is 0.250. The summed E-state index contributed by atoms with van der Waals surface area (Å²) in [6.07, 6.45) is 1.69. The fourth-order valence-electron chi connectivity index (χ4n) is 1.84. The number of aliphatic hydroxyl groups is 1. The Bertz CT molecular complexity index is 543. The van der Waals surface area contributed by atoms with Gasteiger partial charge in [0.2, 0.25) is 10.0 Å². The summed E-state index contributed by atoms with van der Waals surface area (Å²) in [6, 6.07) is 4.70. The van der Waals surface area contributed by atoms with Crippen LogP contribution < -0.4 is 5.73 Å². The zero-order valence-electron chi connectivity index (χ0n) is 9.71. The van der Waals surface area contributed by atoms with E-state index >= 15 is 0 Å². The molecule has 0 bridgehead atoms. The Kier molecular flexibility index (Phi) is 3.96. The number of halogens is 1. The number of nitrogens with two attached hydrogens (primary N) is 1. The minimum absolute atomic E-state index is 0.00481. The first kappa shape index (κ1) is 13.8. The van der Waals surface area contributed by atoms with Gasteiger partial charge >= 0.3 is 0 Å². The Hall–Kier alpha value is -0.630. The van der Waals surface area contributed by atoms with E-state index in [1.807, 2.05) is 0 Å². The molecule has 0 aliphatic heterocycles. The summed E-state index contributed by atoms with van der Waals surface area (Å²) in [5.74, 6) is 0. The van der Waals surface area contributed by atoms with E-state index in [1.54, 1.807) is 12.1 Å². The number of nitrogen functional groups attached to an aromatic ring is 1. The normalized spacial score (nSPS) is 16.2. The highest BCUT2D eigenvalue weighted by molar-refractivity contribution is 9.10. The Morgan fingerprint density at radius 2 is 2.11 bits per heavy atom. The monoisotopic (exact) mass is 334 g/mol. The lowest BCUT2D eigenvalue weighted by atomic mass is 10.3. The van der Waals surface area contributed by atoms with Crippen LogP contribution in [-0.4, -0.2) is 37.0 Å². The van der Waals surface area contributed by atoms with Gasteiger partial charge in [-0.3, -0.25) is 0 Å². The molecule has 0 atom stereocenters. The van der Waals surface area contributed by atoms with Crippen molar-refractivity contribution in [3.63, 3.8) is 0 Å². The van der Waals surface area contributed by atoms with Crippen molar-refractivity contribution in [1.82, 2.24) is 4.31 Å². The number of hydrogen-bond acceptors (Lipinski definition) is 4. The maximum atomic E-state index is 12.5. The SMILES string of the molecule is Nc1cc(Br)ccc1S(=O)(=O)N(CCO)C1CC1. The van der Waals surface area contributed by atoms with E-state index in [0.717, 1.165) is 17.3 Å². The van der Waals surface area contributed by atoms with Gasteiger partial charge in [-0.2, -0.15) is 4.31 Å². The molecule has 0 spiro atoms. The molecule has 7 heteroatoms. The Morgan fingerprint density at radius 3 is 2.61 bits per heavy atom. The molecular formula is C11H15BrN2O3S. The second-order valence-electron chi connectivity index (χ2n) is 4.25. The average Bonchev–Trinajstić information content (AvgIpc) is 3.08. The number of anilines is 1. The van der Waals surface area contributed by atoms with E-state index in [2.05, 4.69) is 15.9 Å². The summed E-state index contributed by atoms with van der Waals surface area (Å²) in [5, 5.41) is 8.99. The summed E-state index contributed by atoms with van der Waals surface area (Å²) in [7, 11) is -3.62. The zero-order chi connectivity index (χ0) is 13.3. The summed E-state index contributed by atoms with van der Waals surface area (Å²) in [4.78, 5) is 0.103. The number of benzene rings is 1. The van der Waals surface area contributed by atoms with Crippen LogP contribution in [0.25, 0.3) is 0 Å². The number of rotatable bonds is 5. The van der Waals surface area contributed by atoms with Crippen LogP contribution in [0.3, 0.4) is 0 Å². The molecule has 1 aliphatic rings. The molecule has 1 aromatic carbocycles. The number of nitrogens with zero attached hydrogens (tertiary/aromatic N) is 1. The molecule has 0 aromatic heterocycles. The topological polar surface area (TPSA) is 83.6 Å². The van der Waals surface area contributed by atoms with Crippen LogP contribution >= 0.6 is 15.9 Å². The summed E-state index contributed by atoms with van der Waals surface area (Å²) in [5.41, 5.74) is 5.98. The van der Waals surface area contributed by atoms with Crippen LogP contribution in [0.2, 0.25) is 0 Å². The minimum Gasteiger partial charge on any atom is -0.398 e. The molecule has 18 heavy (non-hydrogen) atoms. The van der Waals surface area contributed by atoms with Gasteiger partial charge in [0.05, 0.1) is 12.3 Å². The van der Waals surface area contributed by atoms with Crippen LogP contribution in [0.1, 0.15) is 12.8 Å². The average molecular weight is 335 g/mol. The van der Waals surface area contributed by atoms with E-state index in [1.165, 1.54) is 10.4 Å². The fourth-order valence-corrected chi connectivity index (χ4v) is 3.99. The Labute approximate surface area is 115 Å². The van der Waals surface area contributed by atoms with Gasteiger partial charge < -0.3 is 10.8 Å². The van der Waals surface area contributed by atoms with Crippen molar-refractivity contribution in [2.24, 2.45) is 0 Å². The van der Waals surface area contributed by atoms with Crippen LogP contribution in [-0.2, 0) is 10.0 Å². The van der Waals surface area contributed by atoms with Gasteiger partial charge in [0.15, 0.2) is 0 Å². The highest BCUT2D eigenvalue weighted by atomic mass is 79.9. The summed E-state index contributed by atoms with van der Waals surface area (Å²) >= 11 is 3.24. The molecule has 0 radical (unpaired) electrons. The van der Waals surface area contributed by atoms with E-state index < -0.39 is 10.0 Å².